The van der Waals surface area contributed by atoms with Gasteiger partial charge in [0.05, 0.1) is 12.7 Å². The van der Waals surface area contributed by atoms with Crippen molar-refractivity contribution >= 4 is 41.4 Å². The van der Waals surface area contributed by atoms with Gasteiger partial charge in [-0.05, 0) is 108 Å². The van der Waals surface area contributed by atoms with E-state index in [0.717, 1.165) is 0 Å². The summed E-state index contributed by atoms with van der Waals surface area (Å²) in [4.78, 5) is 61.6. The fraction of sp³-hybridized carbons (Fsp3) is 0.324. The Morgan fingerprint density at radius 2 is 1.19 bits per heavy atom. The van der Waals surface area contributed by atoms with E-state index < -0.39 is 47.3 Å². The monoisotopic (exact) mass is 649 g/mol. The molecule has 1 unspecified atom stereocenters. The molecule has 3 amide bonds. The summed E-state index contributed by atoms with van der Waals surface area (Å²) in [5.74, 6) is -2.33. The molecule has 0 aliphatic heterocycles. The van der Waals surface area contributed by atoms with Crippen LogP contribution in [0, 0.1) is 0 Å². The lowest BCUT2D eigenvalue weighted by Crippen LogP contribution is -2.42. The van der Waals surface area contributed by atoms with E-state index in [0.29, 0.717) is 16.9 Å². The highest BCUT2D eigenvalue weighted by Gasteiger charge is 2.23. The van der Waals surface area contributed by atoms with Crippen LogP contribution in [0.4, 0.5) is 21.0 Å². The fourth-order valence-electron chi connectivity index (χ4n) is 4.00. The van der Waals surface area contributed by atoms with E-state index in [9.17, 15) is 29.1 Å². The van der Waals surface area contributed by atoms with Crippen molar-refractivity contribution in [1.82, 2.24) is 5.32 Å². The molecule has 0 bridgehead atoms. The second-order valence-corrected chi connectivity index (χ2v) is 12.4. The third kappa shape index (κ3) is 11.7. The number of rotatable bonds is 10. The molecule has 3 aromatic rings. The van der Waals surface area contributed by atoms with E-state index >= 15 is 0 Å². The number of anilines is 2. The van der Waals surface area contributed by atoms with Crippen LogP contribution in [0.15, 0.2) is 66.7 Å². The maximum Gasteiger partial charge on any atom is 0.412 e. The highest BCUT2D eigenvalue weighted by Crippen LogP contribution is 2.30. The van der Waals surface area contributed by atoms with Gasteiger partial charge in [-0.25, -0.2) is 19.2 Å². The summed E-state index contributed by atoms with van der Waals surface area (Å²) in [6.07, 6.45) is -1.39. The van der Waals surface area contributed by atoms with Crippen LogP contribution in [-0.2, 0) is 20.7 Å². The third-order valence-corrected chi connectivity index (χ3v) is 6.03. The minimum atomic E-state index is -1.30. The van der Waals surface area contributed by atoms with Crippen LogP contribution >= 0.6 is 0 Å². The van der Waals surface area contributed by atoms with Gasteiger partial charge >= 0.3 is 24.1 Å². The number of carboxylic acids is 1. The van der Waals surface area contributed by atoms with E-state index in [1.165, 1.54) is 67.8 Å². The van der Waals surface area contributed by atoms with Gasteiger partial charge in [0.2, 0.25) is 0 Å². The van der Waals surface area contributed by atoms with Crippen molar-refractivity contribution in [3.63, 3.8) is 0 Å². The Morgan fingerprint density at radius 3 is 1.64 bits per heavy atom. The average Bonchev–Trinajstić information content (AvgIpc) is 2.96. The Labute approximate surface area is 272 Å². The average molecular weight is 650 g/mol. The summed E-state index contributed by atoms with van der Waals surface area (Å²) in [6, 6.07) is 15.1. The molecule has 0 fully saturated rings. The predicted molar refractivity (Wildman–Crippen MR) is 173 cm³/mol. The molecule has 13 nitrogen and oxygen atoms in total. The zero-order chi connectivity index (χ0) is 34.9. The van der Waals surface area contributed by atoms with E-state index in [4.69, 9.17) is 18.9 Å². The molecular formula is C34H39N3O10. The lowest BCUT2D eigenvalue weighted by Gasteiger charge is -2.19. The summed E-state index contributed by atoms with van der Waals surface area (Å²) in [5, 5.41) is 17.4. The van der Waals surface area contributed by atoms with Crippen LogP contribution in [-0.4, -0.2) is 59.5 Å². The zero-order valence-electron chi connectivity index (χ0n) is 27.3. The van der Waals surface area contributed by atoms with Gasteiger partial charge in [0.15, 0.2) is 11.5 Å². The number of carbonyl (C=O) groups excluding carboxylic acids is 4. The van der Waals surface area contributed by atoms with E-state index in [1.807, 2.05) is 0 Å². The first-order valence-corrected chi connectivity index (χ1v) is 14.6. The van der Waals surface area contributed by atoms with E-state index in [1.54, 1.807) is 47.6 Å². The molecule has 0 aliphatic carbocycles. The van der Waals surface area contributed by atoms with Crippen molar-refractivity contribution in [2.24, 2.45) is 0 Å². The minimum absolute atomic E-state index is 0.0909. The van der Waals surface area contributed by atoms with Gasteiger partial charge in [0.25, 0.3) is 5.91 Å². The first kappa shape index (κ1) is 35.9. The Hall–Kier alpha value is -5.59. The smallest absolute Gasteiger partial charge is 0.412 e. The molecule has 3 rings (SSSR count). The maximum atomic E-state index is 12.8. The van der Waals surface area contributed by atoms with Crippen LogP contribution in [0.25, 0.3) is 0 Å². The summed E-state index contributed by atoms with van der Waals surface area (Å²) < 4.78 is 21.3. The van der Waals surface area contributed by atoms with Gasteiger partial charge in [-0.15, -0.1) is 0 Å². The highest BCUT2D eigenvalue weighted by atomic mass is 16.6. The lowest BCUT2D eigenvalue weighted by atomic mass is 10.0. The molecule has 47 heavy (non-hydrogen) atoms. The third-order valence-electron chi connectivity index (χ3n) is 6.03. The molecule has 0 aliphatic rings. The normalized spacial score (nSPS) is 11.8. The van der Waals surface area contributed by atoms with Crippen LogP contribution in [0.3, 0.4) is 0 Å². The van der Waals surface area contributed by atoms with Crippen LogP contribution in [0.1, 0.15) is 67.8 Å². The summed E-state index contributed by atoms with van der Waals surface area (Å²) >= 11 is 0. The number of ether oxygens (including phenoxy) is 4. The van der Waals surface area contributed by atoms with Crippen molar-refractivity contribution in [3.05, 3.63) is 83.4 Å². The lowest BCUT2D eigenvalue weighted by molar-refractivity contribution is -0.139. The van der Waals surface area contributed by atoms with Gasteiger partial charge in [0.1, 0.15) is 17.2 Å². The quantitative estimate of drug-likeness (QED) is 0.150. The number of nitrogens with one attached hydrogen (secondary N) is 3. The largest absolute Gasteiger partial charge is 0.493 e. The van der Waals surface area contributed by atoms with Gasteiger partial charge < -0.3 is 29.4 Å². The van der Waals surface area contributed by atoms with Crippen molar-refractivity contribution in [2.45, 2.75) is 65.2 Å². The summed E-state index contributed by atoms with van der Waals surface area (Å²) in [5.41, 5.74) is 0.345. The number of carbonyl (C=O) groups is 5. The van der Waals surface area contributed by atoms with Crippen LogP contribution < -0.4 is 25.4 Å². The summed E-state index contributed by atoms with van der Waals surface area (Å²) in [7, 11) is 1.37. The number of carboxylic acid groups (broad SMARTS) is 1. The van der Waals surface area contributed by atoms with Crippen molar-refractivity contribution in [1.29, 1.82) is 0 Å². The second-order valence-electron chi connectivity index (χ2n) is 12.4. The zero-order valence-corrected chi connectivity index (χ0v) is 27.3. The number of hydrogen-bond acceptors (Lipinski definition) is 9. The minimum Gasteiger partial charge on any atom is -0.493 e. The Kier molecular flexibility index (Phi) is 11.6. The molecule has 0 spiro atoms. The number of amides is 3. The number of esters is 1. The SMILES string of the molecule is COc1cc(CC(NC(=O)c2ccc(NC(=O)OC(C)(C)C)cc2)C(=O)O)ccc1OC(=O)c1ccc(NC(=O)OC(C)(C)C)cc1. The number of methoxy groups -OCH3 is 1. The van der Waals surface area contributed by atoms with E-state index in [2.05, 4.69) is 16.0 Å². The van der Waals surface area contributed by atoms with Crippen LogP contribution in [0.2, 0.25) is 0 Å². The molecule has 1 atom stereocenters. The van der Waals surface area contributed by atoms with Crippen LogP contribution in [0.5, 0.6) is 11.5 Å². The summed E-state index contributed by atoms with van der Waals surface area (Å²) in [6.45, 7) is 10.4. The maximum absolute atomic E-state index is 12.8. The molecular weight excluding hydrogens is 610 g/mol. The van der Waals surface area contributed by atoms with E-state index in [-0.39, 0.29) is 29.0 Å². The number of aliphatic carboxylic acids is 1. The molecule has 3 aromatic carbocycles. The van der Waals surface area contributed by atoms with Crippen molar-refractivity contribution in [3.8, 4) is 11.5 Å². The molecule has 0 aromatic heterocycles. The molecule has 4 N–H and O–H groups in total. The van der Waals surface area contributed by atoms with Gasteiger partial charge in [-0.3, -0.25) is 15.4 Å². The molecule has 0 saturated heterocycles. The van der Waals surface area contributed by atoms with Crippen molar-refractivity contribution < 1.29 is 48.0 Å². The molecule has 0 radical (unpaired) electrons. The van der Waals surface area contributed by atoms with Gasteiger partial charge in [0, 0.05) is 23.4 Å². The molecule has 0 saturated carbocycles. The van der Waals surface area contributed by atoms with Gasteiger partial charge in [-0.2, -0.15) is 0 Å². The first-order valence-electron chi connectivity index (χ1n) is 14.6. The Bertz CT molecular complexity index is 1610. The fourth-order valence-corrected chi connectivity index (χ4v) is 4.00. The topological polar surface area (TPSA) is 179 Å². The second kappa shape index (κ2) is 15.1. The first-order chi connectivity index (χ1) is 21.9. The Balaban J connectivity index is 1.62. The number of benzene rings is 3. The number of hydrogen-bond donors (Lipinski definition) is 4. The Morgan fingerprint density at radius 1 is 0.702 bits per heavy atom. The highest BCUT2D eigenvalue weighted by molar-refractivity contribution is 5.97. The molecule has 13 heteroatoms. The van der Waals surface area contributed by atoms with Crippen molar-refractivity contribution in [2.75, 3.05) is 17.7 Å². The predicted octanol–water partition coefficient (Wildman–Crippen LogP) is 6.03. The molecule has 250 valence electrons. The molecule has 0 heterocycles. The standard InChI is InChI=1S/C34H39N3O10/c1-33(2,3)46-31(42)35-23-13-9-21(10-14-23)28(38)37-25(29(39)40)18-20-8-17-26(27(19-20)44-7)45-30(41)22-11-15-24(16-12-22)36-32(43)47-34(4,5)6/h8-17,19,25H,18H2,1-7H3,(H,35,42)(H,36,43)(H,37,38)(H,39,40). The van der Waals surface area contributed by atoms with Gasteiger partial charge in [-0.1, -0.05) is 6.07 Å².